The van der Waals surface area contributed by atoms with Crippen molar-refractivity contribution in [1.82, 2.24) is 9.97 Å². The Bertz CT molecular complexity index is 943. The lowest BCUT2D eigenvalue weighted by atomic mass is 10.2. The van der Waals surface area contributed by atoms with Crippen LogP contribution in [0.4, 0.5) is 21.8 Å². The van der Waals surface area contributed by atoms with Crippen molar-refractivity contribution in [3.63, 3.8) is 0 Å². The first-order valence-electron chi connectivity index (χ1n) is 9.62. The van der Waals surface area contributed by atoms with Gasteiger partial charge in [-0.25, -0.2) is 9.37 Å². The quantitative estimate of drug-likeness (QED) is 0.640. The molecule has 2 N–H and O–H groups in total. The standard InChI is InChI=1S/C21H24FN5O/c22-17-7-2-4-9-19(17)26-11-13-27(14-12-26)21-24-18-8-3-1-6-16(18)20(25-21)23-10-5-15-28/h1-4,6-9,28H,5,10-15H2,(H,23,24,25). The molecule has 1 aromatic heterocycles. The van der Waals surface area contributed by atoms with Crippen LogP contribution < -0.4 is 15.1 Å². The van der Waals surface area contributed by atoms with Crippen LogP contribution in [0.15, 0.2) is 48.5 Å². The average Bonchev–Trinajstić information content (AvgIpc) is 2.74. The number of aliphatic hydroxyl groups excluding tert-OH is 1. The Balaban J connectivity index is 1.54. The van der Waals surface area contributed by atoms with Crippen LogP contribution in [0.1, 0.15) is 6.42 Å². The lowest BCUT2D eigenvalue weighted by molar-refractivity contribution is 0.292. The number of nitrogens with zero attached hydrogens (tertiary/aromatic N) is 4. The second-order valence-corrected chi connectivity index (χ2v) is 6.82. The van der Waals surface area contributed by atoms with Gasteiger partial charge >= 0.3 is 0 Å². The number of aromatic nitrogens is 2. The van der Waals surface area contributed by atoms with Gasteiger partial charge in [-0.15, -0.1) is 0 Å². The highest BCUT2D eigenvalue weighted by Crippen LogP contribution is 2.25. The molecule has 2 heterocycles. The number of rotatable bonds is 6. The van der Waals surface area contributed by atoms with Crippen molar-refractivity contribution < 1.29 is 9.50 Å². The minimum Gasteiger partial charge on any atom is -0.396 e. The van der Waals surface area contributed by atoms with E-state index in [4.69, 9.17) is 15.1 Å². The van der Waals surface area contributed by atoms with E-state index < -0.39 is 0 Å². The molecule has 1 aliphatic rings. The maximum absolute atomic E-state index is 14.1. The van der Waals surface area contributed by atoms with Crippen molar-refractivity contribution in [2.75, 3.05) is 54.4 Å². The third kappa shape index (κ3) is 3.84. The molecule has 0 bridgehead atoms. The summed E-state index contributed by atoms with van der Waals surface area (Å²) >= 11 is 0. The third-order valence-corrected chi connectivity index (χ3v) is 4.97. The van der Waals surface area contributed by atoms with Crippen LogP contribution in [0.25, 0.3) is 10.9 Å². The summed E-state index contributed by atoms with van der Waals surface area (Å²) in [5.74, 6) is 1.28. The van der Waals surface area contributed by atoms with E-state index >= 15 is 0 Å². The van der Waals surface area contributed by atoms with Crippen LogP contribution in [-0.2, 0) is 0 Å². The second kappa shape index (κ2) is 8.39. The van der Waals surface area contributed by atoms with Crippen LogP contribution in [-0.4, -0.2) is 54.4 Å². The summed E-state index contributed by atoms with van der Waals surface area (Å²) in [5.41, 5.74) is 1.53. The first-order chi connectivity index (χ1) is 13.8. The lowest BCUT2D eigenvalue weighted by Crippen LogP contribution is -2.47. The molecule has 1 aliphatic heterocycles. The SMILES string of the molecule is OCCCNc1nc(N2CCN(c3ccccc3F)CC2)nc2ccccc12. The Labute approximate surface area is 163 Å². The zero-order valence-corrected chi connectivity index (χ0v) is 15.7. The normalized spacial score (nSPS) is 14.5. The number of hydrogen-bond donors (Lipinski definition) is 2. The van der Waals surface area contributed by atoms with E-state index in [1.807, 2.05) is 36.4 Å². The number of hydrogen-bond acceptors (Lipinski definition) is 6. The molecule has 0 saturated carbocycles. The van der Waals surface area contributed by atoms with Gasteiger partial charge in [-0.2, -0.15) is 4.98 Å². The van der Waals surface area contributed by atoms with Crippen molar-refractivity contribution >= 4 is 28.4 Å². The number of piperazine rings is 1. The zero-order chi connectivity index (χ0) is 19.3. The third-order valence-electron chi connectivity index (χ3n) is 4.97. The number of benzene rings is 2. The van der Waals surface area contributed by atoms with Crippen LogP contribution >= 0.6 is 0 Å². The summed E-state index contributed by atoms with van der Waals surface area (Å²) < 4.78 is 14.1. The first kappa shape index (κ1) is 18.4. The van der Waals surface area contributed by atoms with Gasteiger partial charge in [0.2, 0.25) is 5.95 Å². The summed E-state index contributed by atoms with van der Waals surface area (Å²) in [6.45, 7) is 3.67. The fourth-order valence-electron chi connectivity index (χ4n) is 3.48. The molecular formula is C21H24FN5O. The van der Waals surface area contributed by atoms with Crippen LogP contribution in [0, 0.1) is 5.82 Å². The predicted octanol–water partition coefficient (Wildman–Crippen LogP) is 2.89. The Morgan fingerprint density at radius 1 is 0.929 bits per heavy atom. The van der Waals surface area contributed by atoms with Crippen molar-refractivity contribution in [2.24, 2.45) is 0 Å². The predicted molar refractivity (Wildman–Crippen MR) is 111 cm³/mol. The number of nitrogens with one attached hydrogen (secondary N) is 1. The Morgan fingerprint density at radius 2 is 1.64 bits per heavy atom. The summed E-state index contributed by atoms with van der Waals surface area (Å²) in [7, 11) is 0. The van der Waals surface area contributed by atoms with Crippen molar-refractivity contribution in [3.8, 4) is 0 Å². The molecular weight excluding hydrogens is 357 g/mol. The van der Waals surface area contributed by atoms with Gasteiger partial charge in [0.1, 0.15) is 11.6 Å². The Hall–Kier alpha value is -2.93. The monoisotopic (exact) mass is 381 g/mol. The molecule has 4 rings (SSSR count). The Kier molecular flexibility index (Phi) is 5.53. The van der Waals surface area contributed by atoms with E-state index in [2.05, 4.69) is 15.1 Å². The van der Waals surface area contributed by atoms with Gasteiger partial charge in [0.15, 0.2) is 0 Å². The average molecular weight is 381 g/mol. The number of halogens is 1. The molecule has 0 spiro atoms. The van der Waals surface area contributed by atoms with E-state index in [9.17, 15) is 4.39 Å². The maximum atomic E-state index is 14.1. The fraction of sp³-hybridized carbons (Fsp3) is 0.333. The van der Waals surface area contributed by atoms with Gasteiger partial charge in [0, 0.05) is 44.7 Å². The molecule has 0 aliphatic carbocycles. The topological polar surface area (TPSA) is 64.5 Å². The molecule has 7 heteroatoms. The van der Waals surface area contributed by atoms with Gasteiger partial charge in [0.25, 0.3) is 0 Å². The van der Waals surface area contributed by atoms with E-state index in [1.165, 1.54) is 6.07 Å². The summed E-state index contributed by atoms with van der Waals surface area (Å²) in [6, 6.07) is 14.8. The Morgan fingerprint density at radius 3 is 2.43 bits per heavy atom. The lowest BCUT2D eigenvalue weighted by Gasteiger charge is -2.36. The van der Waals surface area contributed by atoms with E-state index in [0.29, 0.717) is 37.7 Å². The molecule has 146 valence electrons. The molecule has 0 atom stereocenters. The number of anilines is 3. The fourth-order valence-corrected chi connectivity index (χ4v) is 3.48. The molecule has 28 heavy (non-hydrogen) atoms. The summed E-state index contributed by atoms with van der Waals surface area (Å²) in [4.78, 5) is 13.7. The van der Waals surface area contributed by atoms with E-state index in [-0.39, 0.29) is 12.4 Å². The highest BCUT2D eigenvalue weighted by Gasteiger charge is 2.22. The maximum Gasteiger partial charge on any atom is 0.228 e. The molecule has 0 radical (unpaired) electrons. The molecule has 1 saturated heterocycles. The zero-order valence-electron chi connectivity index (χ0n) is 15.7. The van der Waals surface area contributed by atoms with Crippen LogP contribution in [0.5, 0.6) is 0 Å². The summed E-state index contributed by atoms with van der Waals surface area (Å²) in [5, 5.41) is 13.3. The molecule has 2 aromatic carbocycles. The minimum atomic E-state index is -0.187. The molecule has 1 fully saturated rings. The van der Waals surface area contributed by atoms with Gasteiger partial charge < -0.3 is 20.2 Å². The van der Waals surface area contributed by atoms with Crippen molar-refractivity contribution in [1.29, 1.82) is 0 Å². The first-order valence-corrected chi connectivity index (χ1v) is 9.62. The van der Waals surface area contributed by atoms with Gasteiger partial charge in [-0.1, -0.05) is 24.3 Å². The van der Waals surface area contributed by atoms with Gasteiger partial charge in [0.05, 0.1) is 11.2 Å². The minimum absolute atomic E-state index is 0.140. The summed E-state index contributed by atoms with van der Waals surface area (Å²) in [6.07, 6.45) is 0.662. The smallest absolute Gasteiger partial charge is 0.228 e. The highest BCUT2D eigenvalue weighted by molar-refractivity contribution is 5.90. The second-order valence-electron chi connectivity index (χ2n) is 6.82. The van der Waals surface area contributed by atoms with Crippen LogP contribution in [0.3, 0.4) is 0 Å². The van der Waals surface area contributed by atoms with E-state index in [1.54, 1.807) is 6.07 Å². The number of aliphatic hydroxyl groups is 1. The largest absolute Gasteiger partial charge is 0.396 e. The highest BCUT2D eigenvalue weighted by atomic mass is 19.1. The van der Waals surface area contributed by atoms with Crippen molar-refractivity contribution in [3.05, 3.63) is 54.3 Å². The van der Waals surface area contributed by atoms with Crippen molar-refractivity contribution in [2.45, 2.75) is 6.42 Å². The number of para-hydroxylation sites is 2. The molecule has 3 aromatic rings. The molecule has 6 nitrogen and oxygen atoms in total. The number of fused-ring (bicyclic) bond motifs is 1. The van der Waals surface area contributed by atoms with Gasteiger partial charge in [-0.3, -0.25) is 0 Å². The molecule has 0 amide bonds. The van der Waals surface area contributed by atoms with Crippen LogP contribution in [0.2, 0.25) is 0 Å². The van der Waals surface area contributed by atoms with Gasteiger partial charge in [-0.05, 0) is 30.7 Å². The van der Waals surface area contributed by atoms with E-state index in [0.717, 1.165) is 29.8 Å². The molecule has 0 unspecified atom stereocenters.